The maximum Gasteiger partial charge on any atom is 0.319 e. The number of benzene rings is 2. The number of hydrogen-bond acceptors (Lipinski definition) is 3. The Balaban J connectivity index is 1.45. The second-order valence-electron chi connectivity index (χ2n) is 6.40. The summed E-state index contributed by atoms with van der Waals surface area (Å²) in [5.41, 5.74) is 5.67. The fraction of sp³-hybridized carbons (Fsp3) is 0.278. The first-order valence-electron chi connectivity index (χ1n) is 7.99. The molecule has 124 valence electrons. The fourth-order valence-electron chi connectivity index (χ4n) is 3.48. The zero-order valence-corrected chi connectivity index (χ0v) is 13.9. The van der Waals surface area contributed by atoms with Gasteiger partial charge in [-0.1, -0.05) is 30.3 Å². The van der Waals surface area contributed by atoms with Gasteiger partial charge < -0.3 is 10.6 Å². The molecule has 1 saturated heterocycles. The molecule has 2 aliphatic rings. The van der Waals surface area contributed by atoms with Crippen molar-refractivity contribution in [1.82, 2.24) is 5.32 Å². The lowest BCUT2D eigenvalue weighted by atomic mass is 10.1. The van der Waals surface area contributed by atoms with E-state index in [1.54, 1.807) is 0 Å². The maximum absolute atomic E-state index is 12.1. The summed E-state index contributed by atoms with van der Waals surface area (Å²) in [6.07, 6.45) is 1.35. The number of amides is 2. The minimum Gasteiger partial charge on any atom is -0.334 e. The summed E-state index contributed by atoms with van der Waals surface area (Å²) >= 11 is 0. The highest BCUT2D eigenvalue weighted by molar-refractivity contribution is 7.91. The van der Waals surface area contributed by atoms with E-state index >= 15 is 0 Å². The number of urea groups is 1. The first kappa shape index (κ1) is 15.2. The average Bonchev–Trinajstić information content (AvgIpc) is 3.06. The molecule has 1 fully saturated rings. The number of carbonyl (C=O) groups is 1. The Morgan fingerprint density at radius 3 is 2.62 bits per heavy atom. The molecule has 0 spiro atoms. The van der Waals surface area contributed by atoms with Crippen molar-refractivity contribution in [2.24, 2.45) is 0 Å². The number of carbonyl (C=O) groups excluding carboxylic acids is 1. The van der Waals surface area contributed by atoms with Crippen LogP contribution in [0.15, 0.2) is 42.5 Å². The van der Waals surface area contributed by atoms with Gasteiger partial charge in [-0.2, -0.15) is 0 Å². The zero-order chi connectivity index (χ0) is 16.7. The SMILES string of the molecule is O=C(Nc1ccc2c(c1)Cc1ccccc1-2)NC1CCS(=O)(=O)C1. The van der Waals surface area contributed by atoms with Crippen molar-refractivity contribution in [1.29, 1.82) is 0 Å². The molecule has 2 aromatic carbocycles. The highest BCUT2D eigenvalue weighted by Gasteiger charge is 2.29. The van der Waals surface area contributed by atoms with Crippen LogP contribution in [0.25, 0.3) is 11.1 Å². The van der Waals surface area contributed by atoms with Crippen molar-refractivity contribution in [3.63, 3.8) is 0 Å². The van der Waals surface area contributed by atoms with Crippen molar-refractivity contribution >= 4 is 21.6 Å². The monoisotopic (exact) mass is 342 g/mol. The van der Waals surface area contributed by atoms with Crippen molar-refractivity contribution < 1.29 is 13.2 Å². The van der Waals surface area contributed by atoms with Crippen molar-refractivity contribution in [2.45, 2.75) is 18.9 Å². The van der Waals surface area contributed by atoms with Gasteiger partial charge in [-0.05, 0) is 47.2 Å². The summed E-state index contributed by atoms with van der Waals surface area (Å²) in [5, 5.41) is 5.55. The standard InChI is InChI=1S/C18H18N2O3S/c21-18(20-15-7-8-24(22,23)11-15)19-14-5-6-17-13(10-14)9-12-3-1-2-4-16(12)17/h1-6,10,15H,7-9,11H2,(H2,19,20,21). The van der Waals surface area contributed by atoms with Gasteiger partial charge in [0.15, 0.2) is 9.84 Å². The van der Waals surface area contributed by atoms with E-state index in [2.05, 4.69) is 22.8 Å². The Morgan fingerprint density at radius 1 is 1.04 bits per heavy atom. The molecular weight excluding hydrogens is 324 g/mol. The first-order valence-corrected chi connectivity index (χ1v) is 9.81. The predicted octanol–water partition coefficient (Wildman–Crippen LogP) is 2.57. The zero-order valence-electron chi connectivity index (χ0n) is 13.1. The third-order valence-corrected chi connectivity index (χ3v) is 6.39. The Labute approximate surface area is 141 Å². The van der Waals surface area contributed by atoms with Crippen LogP contribution in [0.2, 0.25) is 0 Å². The van der Waals surface area contributed by atoms with E-state index in [4.69, 9.17) is 0 Å². The van der Waals surface area contributed by atoms with Gasteiger partial charge in [0, 0.05) is 11.7 Å². The van der Waals surface area contributed by atoms with E-state index in [0.717, 1.165) is 12.1 Å². The molecule has 1 aliphatic carbocycles. The van der Waals surface area contributed by atoms with Gasteiger partial charge in [0.1, 0.15) is 0 Å². The Bertz CT molecular complexity index is 922. The Hall–Kier alpha value is -2.34. The lowest BCUT2D eigenvalue weighted by Gasteiger charge is -2.13. The first-order chi connectivity index (χ1) is 11.5. The van der Waals surface area contributed by atoms with Crippen molar-refractivity contribution in [2.75, 3.05) is 16.8 Å². The van der Waals surface area contributed by atoms with Gasteiger partial charge in [-0.15, -0.1) is 0 Å². The lowest BCUT2D eigenvalue weighted by Crippen LogP contribution is -2.38. The number of fused-ring (bicyclic) bond motifs is 3. The summed E-state index contributed by atoms with van der Waals surface area (Å²) < 4.78 is 22.9. The molecular formula is C18H18N2O3S. The van der Waals surface area contributed by atoms with E-state index in [9.17, 15) is 13.2 Å². The number of rotatable bonds is 2. The molecule has 2 amide bonds. The Kier molecular flexibility index (Phi) is 3.57. The smallest absolute Gasteiger partial charge is 0.319 e. The molecule has 1 atom stereocenters. The maximum atomic E-state index is 12.1. The van der Waals surface area contributed by atoms with Gasteiger partial charge in [0.05, 0.1) is 11.5 Å². The molecule has 24 heavy (non-hydrogen) atoms. The summed E-state index contributed by atoms with van der Waals surface area (Å²) in [4.78, 5) is 12.1. The number of sulfone groups is 1. The van der Waals surface area contributed by atoms with E-state index < -0.39 is 9.84 Å². The third-order valence-electron chi connectivity index (χ3n) is 4.62. The van der Waals surface area contributed by atoms with E-state index in [1.807, 2.05) is 30.3 Å². The normalized spacial score (nSPS) is 20.2. The molecule has 6 heteroatoms. The minimum atomic E-state index is -3.00. The largest absolute Gasteiger partial charge is 0.334 e. The highest BCUT2D eigenvalue weighted by atomic mass is 32.2. The van der Waals surface area contributed by atoms with Crippen LogP contribution in [-0.4, -0.2) is 32.0 Å². The Morgan fingerprint density at radius 2 is 1.83 bits per heavy atom. The predicted molar refractivity (Wildman–Crippen MR) is 93.9 cm³/mol. The molecule has 1 heterocycles. The van der Waals surface area contributed by atoms with Gasteiger partial charge in [0.2, 0.25) is 0 Å². The van der Waals surface area contributed by atoms with E-state index in [1.165, 1.54) is 22.3 Å². The van der Waals surface area contributed by atoms with Gasteiger partial charge in [-0.25, -0.2) is 13.2 Å². The van der Waals surface area contributed by atoms with Crippen LogP contribution in [0.4, 0.5) is 10.5 Å². The number of hydrogen-bond donors (Lipinski definition) is 2. The van der Waals surface area contributed by atoms with Crippen LogP contribution in [0.1, 0.15) is 17.5 Å². The molecule has 2 aromatic rings. The molecule has 5 nitrogen and oxygen atoms in total. The molecule has 4 rings (SSSR count). The average molecular weight is 342 g/mol. The molecule has 0 bridgehead atoms. The third kappa shape index (κ3) is 2.89. The summed E-state index contributed by atoms with van der Waals surface area (Å²) in [7, 11) is -3.00. The van der Waals surface area contributed by atoms with Crippen LogP contribution in [0, 0.1) is 0 Å². The number of nitrogens with one attached hydrogen (secondary N) is 2. The summed E-state index contributed by atoms with van der Waals surface area (Å²) in [6.45, 7) is 0. The second-order valence-corrected chi connectivity index (χ2v) is 8.63. The lowest BCUT2D eigenvalue weighted by molar-refractivity contribution is 0.249. The van der Waals surface area contributed by atoms with Gasteiger partial charge >= 0.3 is 6.03 Å². The molecule has 2 N–H and O–H groups in total. The van der Waals surface area contributed by atoms with Crippen LogP contribution < -0.4 is 10.6 Å². The van der Waals surface area contributed by atoms with Gasteiger partial charge in [0.25, 0.3) is 0 Å². The molecule has 1 unspecified atom stereocenters. The van der Waals surface area contributed by atoms with Crippen LogP contribution in [0.5, 0.6) is 0 Å². The van der Waals surface area contributed by atoms with Gasteiger partial charge in [-0.3, -0.25) is 0 Å². The van der Waals surface area contributed by atoms with Crippen molar-refractivity contribution in [3.05, 3.63) is 53.6 Å². The topological polar surface area (TPSA) is 75.3 Å². The van der Waals surface area contributed by atoms with Crippen LogP contribution in [-0.2, 0) is 16.3 Å². The molecule has 0 saturated carbocycles. The van der Waals surface area contributed by atoms with Crippen LogP contribution in [0.3, 0.4) is 0 Å². The quantitative estimate of drug-likeness (QED) is 0.751. The van der Waals surface area contributed by atoms with Crippen molar-refractivity contribution in [3.8, 4) is 11.1 Å². The van der Waals surface area contributed by atoms with Crippen LogP contribution >= 0.6 is 0 Å². The number of anilines is 1. The molecule has 1 aliphatic heterocycles. The second kappa shape index (κ2) is 5.63. The summed E-state index contributed by atoms with van der Waals surface area (Å²) in [6, 6.07) is 13.5. The minimum absolute atomic E-state index is 0.0277. The highest BCUT2D eigenvalue weighted by Crippen LogP contribution is 2.37. The molecule has 0 aromatic heterocycles. The molecule has 0 radical (unpaired) electrons. The van der Waals surface area contributed by atoms with E-state index in [-0.39, 0.29) is 23.6 Å². The fourth-order valence-corrected chi connectivity index (χ4v) is 5.16. The summed E-state index contributed by atoms with van der Waals surface area (Å²) in [5.74, 6) is 0.176. The van der Waals surface area contributed by atoms with E-state index in [0.29, 0.717) is 6.42 Å².